The number of nitrogens with zero attached hydrogens (tertiary/aromatic N) is 1. The maximum Gasteiger partial charge on any atom is 0.225 e. The van der Waals surface area contributed by atoms with Crippen LogP contribution in [-0.4, -0.2) is 29.6 Å². The van der Waals surface area contributed by atoms with Crippen molar-refractivity contribution in [1.82, 2.24) is 10.3 Å². The topological polar surface area (TPSA) is 63.2 Å². The fourth-order valence-corrected chi connectivity index (χ4v) is 4.81. The molecule has 2 fully saturated rings. The molecule has 1 aromatic carbocycles. The zero-order valence-corrected chi connectivity index (χ0v) is 17.9. The van der Waals surface area contributed by atoms with Gasteiger partial charge >= 0.3 is 0 Å². The molecule has 2 saturated heterocycles. The number of hydrogen-bond acceptors (Lipinski definition) is 4. The van der Waals surface area contributed by atoms with E-state index in [0.717, 1.165) is 42.9 Å². The summed E-state index contributed by atoms with van der Waals surface area (Å²) in [6, 6.07) is 13.2. The van der Waals surface area contributed by atoms with Gasteiger partial charge in [-0.05, 0) is 67.5 Å². The molecule has 2 aromatic rings. The second kappa shape index (κ2) is 9.33. The van der Waals surface area contributed by atoms with E-state index >= 15 is 0 Å². The SMILES string of the molecule is Cl.Cl.O=C(CC1CC2CCC(C1)N2)Nc1cccc(-c2ccc3c(c2)CCO3)n1. The van der Waals surface area contributed by atoms with Gasteiger partial charge in [0.15, 0.2) is 0 Å². The highest BCUT2D eigenvalue weighted by molar-refractivity contribution is 5.90. The van der Waals surface area contributed by atoms with Crippen LogP contribution in [0.25, 0.3) is 11.3 Å². The van der Waals surface area contributed by atoms with E-state index in [4.69, 9.17) is 4.74 Å². The molecule has 0 saturated carbocycles. The van der Waals surface area contributed by atoms with Crippen molar-refractivity contribution in [3.8, 4) is 17.0 Å². The van der Waals surface area contributed by atoms with E-state index in [1.807, 2.05) is 30.3 Å². The third-order valence-electron chi connectivity index (χ3n) is 6.05. The van der Waals surface area contributed by atoms with E-state index in [2.05, 4.69) is 21.7 Å². The number of halogens is 2. The van der Waals surface area contributed by atoms with Crippen molar-refractivity contribution in [3.05, 3.63) is 42.0 Å². The van der Waals surface area contributed by atoms with E-state index in [-0.39, 0.29) is 30.7 Å². The molecule has 29 heavy (non-hydrogen) atoms. The predicted octanol–water partition coefficient (Wildman–Crippen LogP) is 4.39. The van der Waals surface area contributed by atoms with Crippen LogP contribution in [0.2, 0.25) is 0 Å². The monoisotopic (exact) mass is 435 g/mol. The molecule has 2 atom stereocenters. The first kappa shape index (κ1) is 21.9. The second-order valence-corrected chi connectivity index (χ2v) is 8.06. The van der Waals surface area contributed by atoms with Crippen LogP contribution in [0.15, 0.2) is 36.4 Å². The van der Waals surface area contributed by atoms with Gasteiger partial charge in [-0.2, -0.15) is 0 Å². The van der Waals surface area contributed by atoms with E-state index in [0.29, 0.717) is 30.2 Å². The van der Waals surface area contributed by atoms with Crippen molar-refractivity contribution in [2.75, 3.05) is 11.9 Å². The molecule has 2 N–H and O–H groups in total. The molecule has 5 rings (SSSR count). The number of anilines is 1. The minimum atomic E-state index is 0. The Bertz CT molecular complexity index is 865. The summed E-state index contributed by atoms with van der Waals surface area (Å²) in [4.78, 5) is 17.2. The highest BCUT2D eigenvalue weighted by Gasteiger charge is 2.34. The van der Waals surface area contributed by atoms with Crippen LogP contribution >= 0.6 is 24.8 Å². The number of benzene rings is 1. The third kappa shape index (κ3) is 4.85. The highest BCUT2D eigenvalue weighted by atomic mass is 35.5. The summed E-state index contributed by atoms with van der Waals surface area (Å²) >= 11 is 0. The van der Waals surface area contributed by atoms with Gasteiger partial charge < -0.3 is 15.4 Å². The normalized spacial score (nSPS) is 23.9. The predicted molar refractivity (Wildman–Crippen MR) is 119 cm³/mol. The number of aromatic nitrogens is 1. The summed E-state index contributed by atoms with van der Waals surface area (Å²) in [5, 5.41) is 6.64. The smallest absolute Gasteiger partial charge is 0.225 e. The van der Waals surface area contributed by atoms with E-state index < -0.39 is 0 Å². The van der Waals surface area contributed by atoms with Gasteiger partial charge in [0.25, 0.3) is 0 Å². The Kier molecular flexibility index (Phi) is 7.04. The molecule has 156 valence electrons. The third-order valence-corrected chi connectivity index (χ3v) is 6.05. The minimum absolute atomic E-state index is 0. The number of carbonyl (C=O) groups excluding carboxylic acids is 1. The fraction of sp³-hybridized carbons (Fsp3) is 0.455. The number of rotatable bonds is 4. The average Bonchev–Trinajstić information content (AvgIpc) is 3.27. The highest BCUT2D eigenvalue weighted by Crippen LogP contribution is 2.33. The molecule has 7 heteroatoms. The quantitative estimate of drug-likeness (QED) is 0.747. The van der Waals surface area contributed by atoms with E-state index in [1.54, 1.807) is 0 Å². The molecular weight excluding hydrogens is 409 g/mol. The van der Waals surface area contributed by atoms with Crippen molar-refractivity contribution >= 4 is 36.5 Å². The lowest BCUT2D eigenvalue weighted by molar-refractivity contribution is -0.117. The molecule has 0 radical (unpaired) electrons. The van der Waals surface area contributed by atoms with Crippen LogP contribution in [0, 0.1) is 5.92 Å². The number of pyridine rings is 1. The minimum Gasteiger partial charge on any atom is -0.493 e. The maximum absolute atomic E-state index is 12.5. The Hall–Kier alpha value is -1.82. The number of piperidine rings is 1. The molecular formula is C22H27Cl2N3O2. The Balaban J connectivity index is 0.00000120. The molecule has 2 unspecified atom stereocenters. The van der Waals surface area contributed by atoms with Gasteiger partial charge in [0.1, 0.15) is 11.6 Å². The zero-order chi connectivity index (χ0) is 18.2. The first-order valence-electron chi connectivity index (χ1n) is 10.0. The number of fused-ring (bicyclic) bond motifs is 3. The van der Waals surface area contributed by atoms with Crippen molar-refractivity contribution in [2.24, 2.45) is 5.92 Å². The Morgan fingerprint density at radius 2 is 1.93 bits per heavy atom. The van der Waals surface area contributed by atoms with Crippen LogP contribution in [0.5, 0.6) is 5.75 Å². The lowest BCUT2D eigenvalue weighted by Gasteiger charge is -2.28. The van der Waals surface area contributed by atoms with E-state index in [9.17, 15) is 4.79 Å². The molecule has 5 nitrogen and oxygen atoms in total. The molecule has 1 aromatic heterocycles. The van der Waals surface area contributed by atoms with Crippen molar-refractivity contribution in [3.63, 3.8) is 0 Å². The average molecular weight is 436 g/mol. The first-order chi connectivity index (χ1) is 13.2. The lowest BCUT2D eigenvalue weighted by Crippen LogP contribution is -2.39. The molecule has 2 bridgehead atoms. The van der Waals surface area contributed by atoms with Gasteiger partial charge in [-0.15, -0.1) is 24.8 Å². The van der Waals surface area contributed by atoms with Gasteiger partial charge in [-0.3, -0.25) is 4.79 Å². The molecule has 3 aliphatic rings. The zero-order valence-electron chi connectivity index (χ0n) is 16.2. The van der Waals surface area contributed by atoms with Gasteiger partial charge in [0.05, 0.1) is 12.3 Å². The van der Waals surface area contributed by atoms with E-state index in [1.165, 1.54) is 18.4 Å². The van der Waals surface area contributed by atoms with Crippen molar-refractivity contribution in [2.45, 2.75) is 50.6 Å². The Morgan fingerprint density at radius 3 is 2.72 bits per heavy atom. The Labute approximate surface area is 183 Å². The Morgan fingerprint density at radius 1 is 1.14 bits per heavy atom. The van der Waals surface area contributed by atoms with Gasteiger partial charge in [-0.25, -0.2) is 4.98 Å². The number of nitrogens with one attached hydrogen (secondary N) is 2. The van der Waals surface area contributed by atoms with Crippen molar-refractivity contribution < 1.29 is 9.53 Å². The van der Waals surface area contributed by atoms with Gasteiger partial charge in [0, 0.05) is 30.5 Å². The van der Waals surface area contributed by atoms with Crippen LogP contribution in [0.1, 0.15) is 37.7 Å². The fourth-order valence-electron chi connectivity index (χ4n) is 4.81. The first-order valence-corrected chi connectivity index (χ1v) is 10.0. The molecule has 4 heterocycles. The van der Waals surface area contributed by atoms with Gasteiger partial charge in [-0.1, -0.05) is 6.07 Å². The van der Waals surface area contributed by atoms with Crippen LogP contribution < -0.4 is 15.4 Å². The molecule has 3 aliphatic heterocycles. The molecule has 1 amide bonds. The number of hydrogen-bond donors (Lipinski definition) is 2. The maximum atomic E-state index is 12.5. The summed E-state index contributed by atoms with van der Waals surface area (Å²) in [6.45, 7) is 0.751. The summed E-state index contributed by atoms with van der Waals surface area (Å²) in [5.41, 5.74) is 3.16. The van der Waals surface area contributed by atoms with Crippen molar-refractivity contribution in [1.29, 1.82) is 0 Å². The van der Waals surface area contributed by atoms with Gasteiger partial charge in [0.2, 0.25) is 5.91 Å². The number of carbonyl (C=O) groups is 1. The van der Waals surface area contributed by atoms with Crippen LogP contribution in [0.4, 0.5) is 5.82 Å². The molecule has 0 spiro atoms. The molecule has 0 aliphatic carbocycles. The summed E-state index contributed by atoms with van der Waals surface area (Å²) in [6.07, 6.45) is 6.30. The largest absolute Gasteiger partial charge is 0.493 e. The lowest BCUT2D eigenvalue weighted by atomic mass is 9.89. The number of ether oxygens (including phenoxy) is 1. The van der Waals surface area contributed by atoms with Crippen LogP contribution in [0.3, 0.4) is 0 Å². The standard InChI is InChI=1S/C22H25N3O2.2ClH/c26-22(12-14-10-17-5-6-18(11-14)23-17)25-21-3-1-2-19(24-21)15-4-7-20-16(13-15)8-9-27-20;;/h1-4,7,13-14,17-18,23H,5-6,8-12H2,(H,24,25,26);2*1H. The summed E-state index contributed by atoms with van der Waals surface area (Å²) < 4.78 is 5.58. The second-order valence-electron chi connectivity index (χ2n) is 8.06. The summed E-state index contributed by atoms with van der Waals surface area (Å²) in [7, 11) is 0. The number of amides is 1. The van der Waals surface area contributed by atoms with Crippen LogP contribution in [-0.2, 0) is 11.2 Å². The summed E-state index contributed by atoms with van der Waals surface area (Å²) in [5.74, 6) is 2.17.